The molecule has 0 spiro atoms. The van der Waals surface area contributed by atoms with Crippen LogP contribution in [0.4, 0.5) is 4.39 Å². The highest BCUT2D eigenvalue weighted by atomic mass is 127. The molecule has 0 saturated carbocycles. The standard InChI is InChI=1S/C24H26FIN2O3S.ClH/c1-15(29)16-4-7-20(21(12-16)30-2)31-11-3-9-28-10-8-17(13-23(28)26)24-19-6-5-18(25)14-22(19)32-27-24;/h4-7,12,14,17,23H,3,8-11,13H2,1-2H3;1H. The van der Waals surface area contributed by atoms with Gasteiger partial charge in [0.1, 0.15) is 5.82 Å². The van der Waals surface area contributed by atoms with Gasteiger partial charge in [0.15, 0.2) is 17.3 Å². The molecule has 1 aromatic heterocycles. The highest BCUT2D eigenvalue weighted by molar-refractivity contribution is 14.1. The first-order valence-electron chi connectivity index (χ1n) is 10.7. The van der Waals surface area contributed by atoms with E-state index in [2.05, 4.69) is 31.9 Å². The van der Waals surface area contributed by atoms with Crippen molar-refractivity contribution < 1.29 is 18.7 Å². The van der Waals surface area contributed by atoms with E-state index in [1.165, 1.54) is 24.5 Å². The van der Waals surface area contributed by atoms with Crippen LogP contribution in [0.3, 0.4) is 0 Å². The summed E-state index contributed by atoms with van der Waals surface area (Å²) < 4.78 is 30.8. The molecule has 2 heterocycles. The number of fused-ring (bicyclic) bond motifs is 1. The molecule has 0 radical (unpaired) electrons. The van der Waals surface area contributed by atoms with E-state index in [0.717, 1.165) is 48.1 Å². The maximum Gasteiger partial charge on any atom is 0.161 e. The molecular weight excluding hydrogens is 578 g/mol. The lowest BCUT2D eigenvalue weighted by Gasteiger charge is -2.36. The average molecular weight is 605 g/mol. The van der Waals surface area contributed by atoms with Gasteiger partial charge in [-0.25, -0.2) is 4.39 Å². The molecule has 1 aliphatic rings. The van der Waals surface area contributed by atoms with E-state index in [9.17, 15) is 9.18 Å². The lowest BCUT2D eigenvalue weighted by atomic mass is 9.91. The number of nitrogens with zero attached hydrogens (tertiary/aromatic N) is 2. The van der Waals surface area contributed by atoms with Gasteiger partial charge in [0.2, 0.25) is 0 Å². The fraction of sp³-hybridized carbons (Fsp3) is 0.417. The number of methoxy groups -OCH3 is 1. The third kappa shape index (κ3) is 6.15. The second kappa shape index (κ2) is 11.8. The van der Waals surface area contributed by atoms with Crippen molar-refractivity contribution in [2.75, 3.05) is 26.8 Å². The van der Waals surface area contributed by atoms with Crippen LogP contribution in [0.2, 0.25) is 0 Å². The number of piperidine rings is 1. The third-order valence-corrected chi connectivity index (χ3v) is 8.02. The molecule has 178 valence electrons. The number of hydrogen-bond donors (Lipinski definition) is 0. The quantitative estimate of drug-likeness (QED) is 0.0969. The first kappa shape index (κ1) is 26.1. The zero-order valence-corrected chi connectivity index (χ0v) is 22.3. The second-order valence-corrected chi connectivity index (χ2v) is 10.3. The molecule has 1 fully saturated rings. The maximum absolute atomic E-state index is 13.5. The Morgan fingerprint density at radius 2 is 2.09 bits per heavy atom. The summed E-state index contributed by atoms with van der Waals surface area (Å²) in [7, 11) is 1.58. The summed E-state index contributed by atoms with van der Waals surface area (Å²) in [6.45, 7) is 4.09. The van der Waals surface area contributed by atoms with Crippen molar-refractivity contribution in [3.8, 4) is 11.5 Å². The number of benzene rings is 2. The number of alkyl halides is 1. The van der Waals surface area contributed by atoms with E-state index >= 15 is 0 Å². The zero-order valence-electron chi connectivity index (χ0n) is 18.6. The number of likely N-dealkylation sites (tertiary alicyclic amines) is 1. The Hall–Kier alpha value is -1.49. The topological polar surface area (TPSA) is 51.7 Å². The van der Waals surface area contributed by atoms with Crippen LogP contribution < -0.4 is 9.47 Å². The van der Waals surface area contributed by atoms with E-state index < -0.39 is 0 Å². The van der Waals surface area contributed by atoms with E-state index in [1.807, 2.05) is 6.07 Å². The molecule has 2 atom stereocenters. The van der Waals surface area contributed by atoms with Crippen molar-refractivity contribution in [1.82, 2.24) is 9.27 Å². The molecule has 2 aromatic carbocycles. The Kier molecular flexibility index (Phi) is 9.32. The van der Waals surface area contributed by atoms with Crippen molar-refractivity contribution in [1.29, 1.82) is 0 Å². The van der Waals surface area contributed by atoms with Gasteiger partial charge in [-0.05, 0) is 80.7 Å². The highest BCUT2D eigenvalue weighted by Gasteiger charge is 2.29. The molecule has 4 rings (SSSR count). The van der Waals surface area contributed by atoms with Crippen LogP contribution in [-0.2, 0) is 0 Å². The van der Waals surface area contributed by atoms with Gasteiger partial charge in [-0.1, -0.05) is 22.6 Å². The third-order valence-electron chi connectivity index (χ3n) is 5.91. The lowest BCUT2D eigenvalue weighted by molar-refractivity contribution is 0.101. The second-order valence-electron chi connectivity index (χ2n) is 8.02. The van der Waals surface area contributed by atoms with Gasteiger partial charge in [-0.2, -0.15) is 4.37 Å². The predicted octanol–water partition coefficient (Wildman–Crippen LogP) is 6.48. The van der Waals surface area contributed by atoms with E-state index in [-0.39, 0.29) is 24.0 Å². The van der Waals surface area contributed by atoms with Gasteiger partial charge < -0.3 is 9.47 Å². The lowest BCUT2D eigenvalue weighted by Crippen LogP contribution is -2.39. The van der Waals surface area contributed by atoms with E-state index in [0.29, 0.717) is 33.6 Å². The van der Waals surface area contributed by atoms with Gasteiger partial charge in [-0.3, -0.25) is 9.69 Å². The fourth-order valence-electron chi connectivity index (χ4n) is 4.14. The van der Waals surface area contributed by atoms with E-state index in [1.54, 1.807) is 31.4 Å². The van der Waals surface area contributed by atoms with Crippen LogP contribution >= 0.6 is 46.5 Å². The number of halogens is 3. The molecule has 5 nitrogen and oxygen atoms in total. The van der Waals surface area contributed by atoms with Crippen LogP contribution in [0.15, 0.2) is 36.4 Å². The molecule has 0 N–H and O–H groups in total. The van der Waals surface area contributed by atoms with Crippen LogP contribution in [-0.4, -0.2) is 45.9 Å². The summed E-state index contributed by atoms with van der Waals surface area (Å²) in [4.78, 5) is 14.0. The Labute approximate surface area is 217 Å². The number of carbonyl (C=O) groups is 1. The van der Waals surface area contributed by atoms with Crippen LogP contribution in [0.1, 0.15) is 48.2 Å². The summed E-state index contributed by atoms with van der Waals surface area (Å²) >= 11 is 3.91. The molecule has 0 aliphatic carbocycles. The van der Waals surface area contributed by atoms with Crippen molar-refractivity contribution >= 4 is 62.4 Å². The zero-order chi connectivity index (χ0) is 22.7. The van der Waals surface area contributed by atoms with E-state index in [4.69, 9.17) is 9.47 Å². The Morgan fingerprint density at radius 3 is 2.82 bits per heavy atom. The minimum Gasteiger partial charge on any atom is -0.493 e. The van der Waals surface area contributed by atoms with Crippen molar-refractivity contribution in [2.24, 2.45) is 0 Å². The minimum atomic E-state index is -0.205. The maximum atomic E-state index is 13.5. The molecular formula is C24H27ClFIN2O3S. The normalized spacial score (nSPS) is 18.7. The number of hydrogen-bond acceptors (Lipinski definition) is 6. The molecule has 33 heavy (non-hydrogen) atoms. The number of rotatable bonds is 8. The summed E-state index contributed by atoms with van der Waals surface area (Å²) in [5, 5.41) is 1.09. The molecule has 9 heteroatoms. The fourth-order valence-corrected chi connectivity index (χ4v) is 6.20. The number of ether oxygens (including phenoxy) is 2. The van der Waals surface area contributed by atoms with Gasteiger partial charge in [0, 0.05) is 23.4 Å². The minimum absolute atomic E-state index is 0. The summed E-state index contributed by atoms with van der Waals surface area (Å²) in [6.07, 6.45) is 3.00. The van der Waals surface area contributed by atoms with Crippen LogP contribution in [0, 0.1) is 5.82 Å². The average Bonchev–Trinajstić information content (AvgIpc) is 3.20. The van der Waals surface area contributed by atoms with Crippen LogP contribution in [0.25, 0.3) is 10.1 Å². The Bertz CT molecular complexity index is 1110. The highest BCUT2D eigenvalue weighted by Crippen LogP contribution is 2.38. The largest absolute Gasteiger partial charge is 0.493 e. The SMILES string of the molecule is COc1cc(C(C)=O)ccc1OCCCN1CCC(c2nsc3cc(F)ccc23)CC1I.Cl. The number of Topliss-reactive ketones (excluding diaryl/α,β-unsaturated/α-hetero) is 1. The molecule has 2 unspecified atom stereocenters. The van der Waals surface area contributed by atoms with Crippen molar-refractivity contribution in [3.05, 3.63) is 53.5 Å². The summed E-state index contributed by atoms with van der Waals surface area (Å²) in [5.41, 5.74) is 1.73. The van der Waals surface area contributed by atoms with Gasteiger partial charge >= 0.3 is 0 Å². The van der Waals surface area contributed by atoms with Crippen LogP contribution in [0.5, 0.6) is 11.5 Å². The first-order chi connectivity index (χ1) is 15.5. The monoisotopic (exact) mass is 604 g/mol. The first-order valence-corrected chi connectivity index (χ1v) is 12.7. The number of carbonyl (C=O) groups excluding carboxylic acids is 1. The Morgan fingerprint density at radius 1 is 1.27 bits per heavy atom. The molecule has 3 aromatic rings. The van der Waals surface area contributed by atoms with Crippen molar-refractivity contribution in [3.63, 3.8) is 0 Å². The van der Waals surface area contributed by atoms with Crippen molar-refractivity contribution in [2.45, 2.75) is 36.2 Å². The Balaban J connectivity index is 0.00000306. The molecule has 0 amide bonds. The van der Waals surface area contributed by atoms with Gasteiger partial charge in [-0.15, -0.1) is 12.4 Å². The summed E-state index contributed by atoms with van der Waals surface area (Å²) in [5.74, 6) is 1.45. The number of aromatic nitrogens is 1. The molecule has 0 bridgehead atoms. The summed E-state index contributed by atoms with van der Waals surface area (Å²) in [6, 6.07) is 10.3. The molecule has 1 saturated heterocycles. The smallest absolute Gasteiger partial charge is 0.161 e. The molecule has 1 aliphatic heterocycles. The van der Waals surface area contributed by atoms with Gasteiger partial charge in [0.05, 0.1) is 28.2 Å². The number of ketones is 1. The predicted molar refractivity (Wildman–Crippen MR) is 141 cm³/mol. The van der Waals surface area contributed by atoms with Gasteiger partial charge in [0.25, 0.3) is 0 Å².